The van der Waals surface area contributed by atoms with Gasteiger partial charge in [0, 0.05) is 36.4 Å². The van der Waals surface area contributed by atoms with E-state index in [1.807, 2.05) is 78.9 Å². The molecule has 0 spiro atoms. The zero-order valence-corrected chi connectivity index (χ0v) is 19.5. The smallest absolute Gasteiger partial charge is 0.249 e. The number of hydroxylamine groups is 1. The van der Waals surface area contributed by atoms with Gasteiger partial charge in [-0.15, -0.1) is 0 Å². The molecule has 1 fully saturated rings. The summed E-state index contributed by atoms with van der Waals surface area (Å²) in [5, 5.41) is 15.1. The summed E-state index contributed by atoms with van der Waals surface area (Å²) in [5.41, 5.74) is 1.50. The Hall–Kier alpha value is -3.85. The highest BCUT2D eigenvalue weighted by atomic mass is 32.2. The van der Waals surface area contributed by atoms with E-state index in [-0.39, 0.29) is 23.9 Å². The molecule has 1 N–H and O–H groups in total. The normalized spacial score (nSPS) is 14.8. The summed E-state index contributed by atoms with van der Waals surface area (Å²) in [6, 6.07) is 26.6. The maximum Gasteiger partial charge on any atom is 0.249 e. The van der Waals surface area contributed by atoms with Crippen LogP contribution >= 0.6 is 0 Å². The molecule has 0 radical (unpaired) electrons. The van der Waals surface area contributed by atoms with Crippen LogP contribution in [-0.4, -0.2) is 47.0 Å². The molecule has 4 aromatic carbocycles. The van der Waals surface area contributed by atoms with Crippen LogP contribution in [0.25, 0.3) is 32.7 Å². The first-order valence-electron chi connectivity index (χ1n) is 11.3. The fourth-order valence-electron chi connectivity index (χ4n) is 4.57. The van der Waals surface area contributed by atoms with E-state index < -0.39 is 16.1 Å². The van der Waals surface area contributed by atoms with Crippen LogP contribution < -0.4 is 5.06 Å². The average Bonchev–Trinajstić information content (AvgIpc) is 2.87. The van der Waals surface area contributed by atoms with Gasteiger partial charge in [0.1, 0.15) is 0 Å². The lowest BCUT2D eigenvalue weighted by Gasteiger charge is -2.41. The Morgan fingerprint density at radius 3 is 2.23 bits per heavy atom. The predicted octanol–water partition coefficient (Wildman–Crippen LogP) is 4.72. The van der Waals surface area contributed by atoms with Crippen molar-refractivity contribution in [3.8, 4) is 11.1 Å². The predicted molar refractivity (Wildman–Crippen MR) is 136 cm³/mol. The third-order valence-electron chi connectivity index (χ3n) is 6.47. The van der Waals surface area contributed by atoms with E-state index in [9.17, 15) is 13.6 Å². The van der Waals surface area contributed by atoms with Crippen LogP contribution in [0.15, 0.2) is 102 Å². The molecule has 0 aliphatic carbocycles. The second kappa shape index (κ2) is 8.42. The number of nitrogens with zero attached hydrogens (tertiary/aromatic N) is 4. The minimum absolute atomic E-state index is 0.136. The van der Waals surface area contributed by atoms with Crippen molar-refractivity contribution >= 4 is 37.5 Å². The van der Waals surface area contributed by atoms with Gasteiger partial charge in [0.25, 0.3) is 0 Å². The quantitative estimate of drug-likeness (QED) is 0.365. The van der Waals surface area contributed by atoms with Crippen LogP contribution in [0, 0.1) is 0 Å². The van der Waals surface area contributed by atoms with E-state index in [2.05, 4.69) is 9.97 Å². The Kier molecular flexibility index (Phi) is 5.21. The third-order valence-corrected chi connectivity index (χ3v) is 8.40. The fourth-order valence-corrected chi connectivity index (χ4v) is 6.50. The molecule has 1 aliphatic heterocycles. The molecule has 1 aliphatic rings. The van der Waals surface area contributed by atoms with Gasteiger partial charge in [-0.05, 0) is 33.9 Å². The van der Waals surface area contributed by atoms with Crippen LogP contribution in [0.1, 0.15) is 0 Å². The third kappa shape index (κ3) is 3.72. The SMILES string of the molecule is O=S(=O)(c1c(-c2ccc3ccccc3c2)ccc2ccccc12)N1CC(N(O)c2ncccn2)C1. The molecule has 0 saturated carbocycles. The van der Waals surface area contributed by atoms with Crippen LogP contribution in [0.4, 0.5) is 5.95 Å². The summed E-state index contributed by atoms with van der Waals surface area (Å²) in [7, 11) is -3.85. The Bertz CT molecular complexity index is 1650. The van der Waals surface area contributed by atoms with Gasteiger partial charge in [-0.25, -0.2) is 23.4 Å². The van der Waals surface area contributed by atoms with E-state index in [1.54, 1.807) is 6.07 Å². The summed E-state index contributed by atoms with van der Waals surface area (Å²) >= 11 is 0. The highest BCUT2D eigenvalue weighted by molar-refractivity contribution is 7.89. The second-order valence-electron chi connectivity index (χ2n) is 8.59. The van der Waals surface area contributed by atoms with Crippen molar-refractivity contribution in [2.75, 3.05) is 18.2 Å². The van der Waals surface area contributed by atoms with Gasteiger partial charge in [0.2, 0.25) is 16.0 Å². The average molecular weight is 483 g/mol. The van der Waals surface area contributed by atoms with Crippen LogP contribution in [0.3, 0.4) is 0 Å². The number of fused-ring (bicyclic) bond motifs is 2. The lowest BCUT2D eigenvalue weighted by molar-refractivity contribution is 0.131. The van der Waals surface area contributed by atoms with E-state index in [1.165, 1.54) is 16.7 Å². The fraction of sp³-hybridized carbons (Fsp3) is 0.111. The summed E-state index contributed by atoms with van der Waals surface area (Å²) in [4.78, 5) is 8.37. The van der Waals surface area contributed by atoms with Gasteiger partial charge in [-0.2, -0.15) is 4.31 Å². The van der Waals surface area contributed by atoms with Gasteiger partial charge in [0.15, 0.2) is 0 Å². The van der Waals surface area contributed by atoms with Gasteiger partial charge < -0.3 is 0 Å². The first-order chi connectivity index (χ1) is 17.0. The maximum atomic E-state index is 14.0. The summed E-state index contributed by atoms with van der Waals surface area (Å²) in [5.74, 6) is 0.150. The molecule has 0 amide bonds. The standard InChI is InChI=1S/C27H22N4O3S/c32-31(27-28-14-5-15-29-27)23-17-30(18-23)35(33,34)26-24-9-4-3-7-20(24)12-13-25(26)22-11-10-19-6-1-2-8-21(19)16-22/h1-16,23,32H,17-18H2. The van der Waals surface area contributed by atoms with Crippen molar-refractivity contribution in [3.05, 3.63) is 97.3 Å². The number of hydrogen-bond acceptors (Lipinski definition) is 6. The molecule has 1 aromatic heterocycles. The molecule has 5 aromatic rings. The molecule has 0 bridgehead atoms. The topological polar surface area (TPSA) is 86.6 Å². The molecule has 0 atom stereocenters. The van der Waals surface area contributed by atoms with E-state index >= 15 is 0 Å². The van der Waals surface area contributed by atoms with E-state index in [4.69, 9.17) is 0 Å². The largest absolute Gasteiger partial charge is 0.285 e. The minimum Gasteiger partial charge on any atom is -0.285 e. The van der Waals surface area contributed by atoms with Gasteiger partial charge in [0.05, 0.1) is 10.9 Å². The van der Waals surface area contributed by atoms with Crippen molar-refractivity contribution < 1.29 is 13.6 Å². The van der Waals surface area contributed by atoms with Crippen LogP contribution in [0.2, 0.25) is 0 Å². The number of anilines is 1. The number of sulfonamides is 1. The summed E-state index contributed by atoms with van der Waals surface area (Å²) in [6.07, 6.45) is 3.06. The monoisotopic (exact) mass is 482 g/mol. The van der Waals surface area contributed by atoms with Crippen LogP contribution in [-0.2, 0) is 10.0 Å². The number of rotatable bonds is 5. The Balaban J connectivity index is 1.42. The first-order valence-corrected chi connectivity index (χ1v) is 12.7. The molecule has 6 rings (SSSR count). The molecule has 7 nitrogen and oxygen atoms in total. The lowest BCUT2D eigenvalue weighted by Crippen LogP contribution is -2.60. The molecular weight excluding hydrogens is 460 g/mol. The van der Waals surface area contributed by atoms with Crippen molar-refractivity contribution in [1.82, 2.24) is 14.3 Å². The molecule has 174 valence electrons. The number of hydrogen-bond donors (Lipinski definition) is 1. The zero-order chi connectivity index (χ0) is 24.0. The summed E-state index contributed by atoms with van der Waals surface area (Å²) < 4.78 is 29.4. The molecule has 0 unspecified atom stereocenters. The van der Waals surface area contributed by atoms with Crippen molar-refractivity contribution in [2.24, 2.45) is 0 Å². The molecule has 8 heteroatoms. The number of aromatic nitrogens is 2. The highest BCUT2D eigenvalue weighted by Gasteiger charge is 2.42. The first kappa shape index (κ1) is 21.7. The maximum absolute atomic E-state index is 14.0. The van der Waals surface area contributed by atoms with E-state index in [0.29, 0.717) is 10.9 Å². The van der Waals surface area contributed by atoms with Gasteiger partial charge in [-0.3, -0.25) is 5.21 Å². The molecular formula is C27H22N4O3S. The number of benzene rings is 4. The Morgan fingerprint density at radius 2 is 1.46 bits per heavy atom. The second-order valence-corrected chi connectivity index (χ2v) is 10.5. The van der Waals surface area contributed by atoms with E-state index in [0.717, 1.165) is 26.8 Å². The molecule has 1 saturated heterocycles. The molecule has 2 heterocycles. The van der Waals surface area contributed by atoms with Gasteiger partial charge in [-0.1, -0.05) is 72.8 Å². The Labute approximate surface area is 202 Å². The minimum atomic E-state index is -3.85. The summed E-state index contributed by atoms with van der Waals surface area (Å²) in [6.45, 7) is 0.273. The van der Waals surface area contributed by atoms with Gasteiger partial charge >= 0.3 is 0 Å². The zero-order valence-electron chi connectivity index (χ0n) is 18.7. The van der Waals surface area contributed by atoms with Crippen molar-refractivity contribution in [2.45, 2.75) is 10.9 Å². The lowest BCUT2D eigenvalue weighted by atomic mass is 9.98. The highest BCUT2D eigenvalue weighted by Crippen LogP contribution is 2.38. The van der Waals surface area contributed by atoms with Crippen molar-refractivity contribution in [1.29, 1.82) is 0 Å². The molecule has 35 heavy (non-hydrogen) atoms. The Morgan fingerprint density at radius 1 is 0.800 bits per heavy atom. The van der Waals surface area contributed by atoms with Crippen LogP contribution in [0.5, 0.6) is 0 Å². The van der Waals surface area contributed by atoms with Crippen molar-refractivity contribution in [3.63, 3.8) is 0 Å².